The van der Waals surface area contributed by atoms with Gasteiger partial charge >= 0.3 is 5.97 Å². The van der Waals surface area contributed by atoms with Crippen molar-refractivity contribution >= 4 is 14.3 Å². The lowest BCUT2D eigenvalue weighted by Gasteiger charge is -2.56. The number of ether oxygens (including phenoxy) is 1. The van der Waals surface area contributed by atoms with Gasteiger partial charge in [0.05, 0.1) is 7.11 Å². The van der Waals surface area contributed by atoms with Crippen LogP contribution >= 0.6 is 0 Å². The molecule has 0 aromatic heterocycles. The summed E-state index contributed by atoms with van der Waals surface area (Å²) in [6, 6.07) is 0. The Bertz CT molecular complexity index is 1060. The molecule has 4 aliphatic carbocycles. The first-order chi connectivity index (χ1) is 18.7. The van der Waals surface area contributed by atoms with E-state index in [1.807, 2.05) is 0 Å². The van der Waals surface area contributed by atoms with Crippen molar-refractivity contribution < 1.29 is 24.2 Å². The Balaban J connectivity index is 1.48. The van der Waals surface area contributed by atoms with Gasteiger partial charge in [0.15, 0.2) is 13.9 Å². The smallest absolute Gasteiger partial charge is 0.340 e. The molecule has 2 N–H and O–H groups in total. The number of carbonyl (C=O) groups excluding carboxylic acids is 1. The molecule has 9 atom stereocenters. The van der Waals surface area contributed by atoms with Crippen molar-refractivity contribution in [2.45, 2.75) is 149 Å². The highest BCUT2D eigenvalue weighted by molar-refractivity contribution is 6.74. The zero-order valence-corrected chi connectivity index (χ0v) is 29.0. The van der Waals surface area contributed by atoms with Crippen molar-refractivity contribution in [2.75, 3.05) is 7.11 Å². The monoisotopic (exact) mass is 588 g/mol. The average molecular weight is 589 g/mol. The number of aliphatic hydroxyl groups is 2. The van der Waals surface area contributed by atoms with E-state index in [0.29, 0.717) is 36.2 Å². The highest BCUT2D eigenvalue weighted by Gasteiger charge is 2.58. The largest absolute Gasteiger partial charge is 0.467 e. The molecule has 41 heavy (non-hydrogen) atoms. The lowest BCUT2D eigenvalue weighted by Crippen LogP contribution is -2.56. The fraction of sp³-hybridized carbons (Fsp3) is 0.857. The van der Waals surface area contributed by atoms with E-state index in [1.54, 1.807) is 18.1 Å². The second-order valence-corrected chi connectivity index (χ2v) is 21.5. The second kappa shape index (κ2) is 10.9. The van der Waals surface area contributed by atoms with Crippen LogP contribution < -0.4 is 0 Å². The van der Waals surface area contributed by atoms with E-state index < -0.39 is 25.5 Å². The maximum absolute atomic E-state index is 12.2. The minimum Gasteiger partial charge on any atom is -0.467 e. The van der Waals surface area contributed by atoms with Crippen LogP contribution in [0.25, 0.3) is 0 Å². The van der Waals surface area contributed by atoms with Crippen LogP contribution in [-0.2, 0) is 14.0 Å². The first-order valence-corrected chi connectivity index (χ1v) is 19.2. The van der Waals surface area contributed by atoms with Crippen LogP contribution in [0.3, 0.4) is 0 Å². The van der Waals surface area contributed by atoms with E-state index >= 15 is 0 Å². The van der Waals surface area contributed by atoms with Gasteiger partial charge in [-0.25, -0.2) is 4.79 Å². The fourth-order valence-electron chi connectivity index (χ4n) is 9.01. The molecule has 4 rings (SSSR count). The summed E-state index contributed by atoms with van der Waals surface area (Å²) in [5.74, 6) is 1.44. The van der Waals surface area contributed by atoms with Crippen molar-refractivity contribution in [3.63, 3.8) is 0 Å². The van der Waals surface area contributed by atoms with Gasteiger partial charge in [-0.3, -0.25) is 0 Å². The van der Waals surface area contributed by atoms with Gasteiger partial charge < -0.3 is 19.4 Å². The molecule has 6 heteroatoms. The Kier molecular flexibility index (Phi) is 8.75. The average Bonchev–Trinajstić information content (AvgIpc) is 3.23. The lowest BCUT2D eigenvalue weighted by atomic mass is 9.50. The number of esters is 1. The molecule has 1 unspecified atom stereocenters. The minimum absolute atomic E-state index is 0.237. The molecule has 5 nitrogen and oxygen atoms in total. The predicted octanol–water partition coefficient (Wildman–Crippen LogP) is 7.97. The van der Waals surface area contributed by atoms with Gasteiger partial charge in [0.1, 0.15) is 5.60 Å². The molecule has 0 radical (unpaired) electrons. The molecule has 0 saturated heterocycles. The molecule has 0 heterocycles. The maximum Gasteiger partial charge on any atom is 0.340 e. The Labute approximate surface area is 251 Å². The third kappa shape index (κ3) is 5.57. The van der Waals surface area contributed by atoms with Crippen LogP contribution in [-0.4, -0.2) is 48.9 Å². The maximum atomic E-state index is 12.2. The van der Waals surface area contributed by atoms with Crippen molar-refractivity contribution in [2.24, 2.45) is 34.5 Å². The number of hydrogen-bond acceptors (Lipinski definition) is 5. The summed E-state index contributed by atoms with van der Waals surface area (Å²) in [6.45, 7) is 22.1. The Morgan fingerprint density at radius 2 is 1.68 bits per heavy atom. The zero-order valence-electron chi connectivity index (χ0n) is 28.0. The summed E-state index contributed by atoms with van der Waals surface area (Å²) < 4.78 is 11.7. The molecule has 0 bridgehead atoms. The third-order valence-electron chi connectivity index (χ3n) is 13.3. The molecule has 4 aliphatic rings. The molecular weight excluding hydrogens is 528 g/mol. The highest BCUT2D eigenvalue weighted by Crippen LogP contribution is 2.66. The van der Waals surface area contributed by atoms with E-state index in [4.69, 9.17) is 9.16 Å². The van der Waals surface area contributed by atoms with E-state index in [2.05, 4.69) is 66.8 Å². The van der Waals surface area contributed by atoms with E-state index in [1.165, 1.54) is 52.6 Å². The molecular formula is C35H60O5Si. The number of methoxy groups -OCH3 is 1. The van der Waals surface area contributed by atoms with Crippen LogP contribution in [0.1, 0.15) is 113 Å². The Hall–Kier alpha value is -0.953. The summed E-state index contributed by atoms with van der Waals surface area (Å²) in [6.07, 6.45) is 14.9. The molecule has 0 aliphatic heterocycles. The quantitative estimate of drug-likeness (QED) is 0.222. The van der Waals surface area contributed by atoms with Crippen molar-refractivity contribution in [1.82, 2.24) is 0 Å². The van der Waals surface area contributed by atoms with Crippen LogP contribution in [0.4, 0.5) is 0 Å². The Morgan fingerprint density at radius 1 is 1.02 bits per heavy atom. The van der Waals surface area contributed by atoms with Gasteiger partial charge in [-0.2, -0.15) is 0 Å². The number of carbonyl (C=O) groups is 1. The van der Waals surface area contributed by atoms with Gasteiger partial charge in [0, 0.05) is 6.10 Å². The number of hydrogen-bond donors (Lipinski definition) is 2. The van der Waals surface area contributed by atoms with E-state index in [-0.39, 0.29) is 15.9 Å². The molecule has 0 spiro atoms. The molecule has 0 amide bonds. The van der Waals surface area contributed by atoms with Gasteiger partial charge in [-0.1, -0.05) is 64.8 Å². The van der Waals surface area contributed by atoms with Gasteiger partial charge in [-0.05, 0) is 124 Å². The van der Waals surface area contributed by atoms with Crippen molar-refractivity contribution in [3.8, 4) is 0 Å². The van der Waals surface area contributed by atoms with Gasteiger partial charge in [0.25, 0.3) is 0 Å². The second-order valence-electron chi connectivity index (χ2n) is 16.7. The highest BCUT2D eigenvalue weighted by atomic mass is 28.4. The van der Waals surface area contributed by atoms with Crippen LogP contribution in [0, 0.1) is 34.5 Å². The first-order valence-electron chi connectivity index (χ1n) is 16.3. The van der Waals surface area contributed by atoms with Crippen molar-refractivity contribution in [3.05, 3.63) is 23.3 Å². The van der Waals surface area contributed by atoms with Gasteiger partial charge in [0.2, 0.25) is 0 Å². The van der Waals surface area contributed by atoms with Gasteiger partial charge in [-0.15, -0.1) is 0 Å². The normalized spacial score (nSPS) is 37.4. The molecule has 234 valence electrons. The summed E-state index contributed by atoms with van der Waals surface area (Å²) in [4.78, 5) is 12.2. The van der Waals surface area contributed by atoms with Crippen LogP contribution in [0.15, 0.2) is 23.3 Å². The topological polar surface area (TPSA) is 76.0 Å². The summed E-state index contributed by atoms with van der Waals surface area (Å²) in [5.41, 5.74) is 0.350. The summed E-state index contributed by atoms with van der Waals surface area (Å²) in [5, 5.41) is 22.0. The fourth-order valence-corrected chi connectivity index (χ4v) is 10.4. The Morgan fingerprint density at radius 3 is 2.29 bits per heavy atom. The lowest BCUT2D eigenvalue weighted by molar-refractivity contribution is -0.190. The predicted molar refractivity (Wildman–Crippen MR) is 169 cm³/mol. The molecule has 0 aromatic rings. The van der Waals surface area contributed by atoms with E-state index in [0.717, 1.165) is 12.8 Å². The molecule has 3 saturated carbocycles. The molecule has 3 fully saturated rings. The number of rotatable bonds is 8. The SMILES string of the molecule is COC(=O)C(C)(O)[C@](C)(O)CC[C@@H](C)[C@H]1CC[C@H]2C3=CC=C4C[C@@H](O[Si](C)(C)C(C)(C)C)CC[C@]4(C)[C@H]3CC[C@]12C. The van der Waals surface area contributed by atoms with Crippen LogP contribution in [0.2, 0.25) is 18.1 Å². The minimum atomic E-state index is -1.93. The van der Waals surface area contributed by atoms with Crippen molar-refractivity contribution in [1.29, 1.82) is 0 Å². The summed E-state index contributed by atoms with van der Waals surface area (Å²) in [7, 11) is -0.537. The standard InChI is InChI=1S/C35H60O5Si/c1-23(16-21-34(7,37)35(8,38)30(36)39-9)27-14-15-28-26-13-12-24-22-25(40-41(10,11)31(2,3)4)17-19-32(24,5)29(26)18-20-33(27,28)6/h12-13,23,25,27-29,37-38H,14-22H2,1-11H3/t23-,25+,27-,28+,29+,32+,33-,34-,35?/m1/s1. The van der Waals surface area contributed by atoms with Crippen LogP contribution in [0.5, 0.6) is 0 Å². The summed E-state index contributed by atoms with van der Waals surface area (Å²) >= 11 is 0. The van der Waals surface area contributed by atoms with E-state index in [9.17, 15) is 15.0 Å². The molecule has 0 aromatic carbocycles. The number of allylic oxidation sites excluding steroid dienone is 3. The third-order valence-corrected chi connectivity index (χ3v) is 17.8. The first kappa shape index (κ1) is 33.0. The number of fused-ring (bicyclic) bond motifs is 5. The zero-order chi connectivity index (χ0) is 30.8.